The van der Waals surface area contributed by atoms with E-state index in [1.165, 1.54) is 16.0 Å². The van der Waals surface area contributed by atoms with Crippen LogP contribution in [0.5, 0.6) is 0 Å². The van der Waals surface area contributed by atoms with Crippen LogP contribution in [0.4, 0.5) is 0 Å². The van der Waals surface area contributed by atoms with Crippen molar-refractivity contribution >= 4 is 11.3 Å². The van der Waals surface area contributed by atoms with E-state index in [1.54, 1.807) is 11.3 Å². The zero-order valence-electron chi connectivity index (χ0n) is 13.3. The predicted octanol–water partition coefficient (Wildman–Crippen LogP) is 3.75. The molecule has 4 heteroatoms. The first-order chi connectivity index (χ1) is 10.7. The van der Waals surface area contributed by atoms with Crippen molar-refractivity contribution in [2.24, 2.45) is 5.92 Å². The van der Waals surface area contributed by atoms with Crippen LogP contribution in [-0.2, 0) is 6.54 Å². The predicted molar refractivity (Wildman–Crippen MR) is 92.1 cm³/mol. The third kappa shape index (κ3) is 3.57. The van der Waals surface area contributed by atoms with Crippen molar-refractivity contribution in [1.29, 1.82) is 0 Å². The van der Waals surface area contributed by atoms with Crippen LogP contribution in [0.2, 0.25) is 0 Å². The lowest BCUT2D eigenvalue weighted by Gasteiger charge is -2.13. The minimum Gasteiger partial charge on any atom is -0.396 e. The molecule has 0 radical (unpaired) electrons. The van der Waals surface area contributed by atoms with Gasteiger partial charge in [-0.25, -0.2) is 4.98 Å². The Hall–Kier alpha value is -1.23. The molecule has 1 atom stereocenters. The number of thiazole rings is 1. The van der Waals surface area contributed by atoms with Gasteiger partial charge in [-0.3, -0.25) is 4.90 Å². The summed E-state index contributed by atoms with van der Waals surface area (Å²) in [4.78, 5) is 8.31. The third-order valence-corrected chi connectivity index (χ3v) is 5.42. The molecule has 1 aromatic heterocycles. The van der Waals surface area contributed by atoms with Gasteiger partial charge in [0.1, 0.15) is 5.01 Å². The van der Waals surface area contributed by atoms with Gasteiger partial charge in [0.05, 0.1) is 0 Å². The molecule has 1 aliphatic heterocycles. The number of likely N-dealkylation sites (tertiary alicyclic amines) is 1. The van der Waals surface area contributed by atoms with Gasteiger partial charge in [0.2, 0.25) is 0 Å². The van der Waals surface area contributed by atoms with Gasteiger partial charge in [-0.2, -0.15) is 0 Å². The number of hydrogen-bond acceptors (Lipinski definition) is 4. The molecule has 1 unspecified atom stereocenters. The van der Waals surface area contributed by atoms with Crippen LogP contribution in [0.15, 0.2) is 30.5 Å². The molecule has 0 saturated carbocycles. The Labute approximate surface area is 136 Å². The van der Waals surface area contributed by atoms with Crippen molar-refractivity contribution in [2.75, 3.05) is 19.7 Å². The number of aliphatic hydroxyl groups excluding tert-OH is 1. The molecule has 1 fully saturated rings. The Morgan fingerprint density at radius 3 is 2.73 bits per heavy atom. The van der Waals surface area contributed by atoms with Crippen LogP contribution in [0.3, 0.4) is 0 Å². The quantitative estimate of drug-likeness (QED) is 0.912. The van der Waals surface area contributed by atoms with Crippen molar-refractivity contribution in [3.8, 4) is 10.6 Å². The summed E-state index contributed by atoms with van der Waals surface area (Å²) in [5.41, 5.74) is 2.57. The molecular weight excluding hydrogens is 292 g/mol. The second-order valence-electron chi connectivity index (χ2n) is 6.48. The Balaban J connectivity index is 1.66. The molecule has 1 aromatic carbocycles. The van der Waals surface area contributed by atoms with Crippen LogP contribution in [0.25, 0.3) is 10.6 Å². The van der Waals surface area contributed by atoms with Crippen LogP contribution >= 0.6 is 11.3 Å². The summed E-state index contributed by atoms with van der Waals surface area (Å²) >= 11 is 1.78. The van der Waals surface area contributed by atoms with Crippen LogP contribution in [0.1, 0.15) is 36.6 Å². The van der Waals surface area contributed by atoms with Gasteiger partial charge < -0.3 is 5.11 Å². The average molecular weight is 316 g/mol. The summed E-state index contributed by atoms with van der Waals surface area (Å²) in [5.74, 6) is 1.02. The summed E-state index contributed by atoms with van der Waals surface area (Å²) < 4.78 is 0. The van der Waals surface area contributed by atoms with Crippen molar-refractivity contribution in [2.45, 2.75) is 32.7 Å². The number of aromatic nitrogens is 1. The number of rotatable bonds is 5. The highest BCUT2D eigenvalue weighted by Crippen LogP contribution is 2.28. The minimum absolute atomic E-state index is 0.312. The van der Waals surface area contributed by atoms with E-state index in [0.717, 1.165) is 31.1 Å². The first-order valence-corrected chi connectivity index (χ1v) is 8.85. The lowest BCUT2D eigenvalue weighted by molar-refractivity contribution is 0.220. The van der Waals surface area contributed by atoms with Gasteiger partial charge in [-0.15, -0.1) is 11.3 Å². The summed E-state index contributed by atoms with van der Waals surface area (Å²) in [5, 5.41) is 10.3. The Morgan fingerprint density at radius 2 is 2.09 bits per heavy atom. The maximum atomic E-state index is 9.23. The van der Waals surface area contributed by atoms with Crippen molar-refractivity contribution in [1.82, 2.24) is 9.88 Å². The summed E-state index contributed by atoms with van der Waals surface area (Å²) in [7, 11) is 0. The van der Waals surface area contributed by atoms with Crippen LogP contribution < -0.4 is 0 Å². The maximum Gasteiger partial charge on any atom is 0.123 e. The van der Waals surface area contributed by atoms with Crippen LogP contribution in [0, 0.1) is 5.92 Å². The van der Waals surface area contributed by atoms with E-state index in [2.05, 4.69) is 48.0 Å². The van der Waals surface area contributed by atoms with Gasteiger partial charge in [0.25, 0.3) is 0 Å². The van der Waals surface area contributed by atoms with E-state index in [0.29, 0.717) is 18.4 Å². The molecule has 3 nitrogen and oxygen atoms in total. The second kappa shape index (κ2) is 6.90. The highest BCUT2D eigenvalue weighted by Gasteiger charge is 2.22. The molecule has 1 aliphatic rings. The normalized spacial score (nSPS) is 19.2. The molecule has 2 aromatic rings. The first-order valence-electron chi connectivity index (χ1n) is 8.04. The van der Waals surface area contributed by atoms with Gasteiger partial charge in [-0.1, -0.05) is 38.1 Å². The standard InChI is InChI=1S/C18H24N2OS/c1-13(2)15-3-5-16(6-4-15)18-19-9-17(22-18)11-20-8-7-14(10-20)12-21/h3-6,9,13-14,21H,7-8,10-12H2,1-2H3. The fourth-order valence-electron chi connectivity index (χ4n) is 2.95. The molecule has 0 bridgehead atoms. The van der Waals surface area contributed by atoms with E-state index in [9.17, 15) is 5.11 Å². The van der Waals surface area contributed by atoms with Crippen molar-refractivity contribution in [3.63, 3.8) is 0 Å². The first kappa shape index (κ1) is 15.7. The molecular formula is C18H24N2OS. The Morgan fingerprint density at radius 1 is 1.32 bits per heavy atom. The van der Waals surface area contributed by atoms with Gasteiger partial charge in [0, 0.05) is 36.3 Å². The number of benzene rings is 1. The van der Waals surface area contributed by atoms with E-state index < -0.39 is 0 Å². The molecule has 2 heterocycles. The van der Waals surface area contributed by atoms with E-state index in [1.807, 2.05) is 6.20 Å². The SMILES string of the molecule is CC(C)c1ccc(-c2ncc(CN3CCC(CO)C3)s2)cc1. The smallest absolute Gasteiger partial charge is 0.123 e. The monoisotopic (exact) mass is 316 g/mol. The number of hydrogen-bond donors (Lipinski definition) is 1. The summed E-state index contributed by atoms with van der Waals surface area (Å²) in [6.45, 7) is 7.79. The highest BCUT2D eigenvalue weighted by molar-refractivity contribution is 7.15. The lowest BCUT2D eigenvalue weighted by atomic mass is 10.0. The zero-order chi connectivity index (χ0) is 15.5. The zero-order valence-corrected chi connectivity index (χ0v) is 14.1. The molecule has 1 saturated heterocycles. The maximum absolute atomic E-state index is 9.23. The molecule has 1 N–H and O–H groups in total. The molecule has 0 aliphatic carbocycles. The molecule has 22 heavy (non-hydrogen) atoms. The lowest BCUT2D eigenvalue weighted by Crippen LogP contribution is -2.20. The average Bonchev–Trinajstić information content (AvgIpc) is 3.17. The van der Waals surface area contributed by atoms with Crippen molar-refractivity contribution in [3.05, 3.63) is 40.9 Å². The van der Waals surface area contributed by atoms with Gasteiger partial charge in [-0.05, 0) is 30.4 Å². The Bertz CT molecular complexity index is 606. The van der Waals surface area contributed by atoms with E-state index in [4.69, 9.17) is 0 Å². The largest absolute Gasteiger partial charge is 0.396 e. The van der Waals surface area contributed by atoms with Gasteiger partial charge in [0.15, 0.2) is 0 Å². The Kier molecular flexibility index (Phi) is 4.91. The number of aliphatic hydroxyl groups is 1. The number of nitrogens with zero attached hydrogens (tertiary/aromatic N) is 2. The van der Waals surface area contributed by atoms with E-state index in [-0.39, 0.29) is 0 Å². The fourth-order valence-corrected chi connectivity index (χ4v) is 3.91. The minimum atomic E-state index is 0.312. The van der Waals surface area contributed by atoms with Crippen LogP contribution in [-0.4, -0.2) is 34.7 Å². The molecule has 3 rings (SSSR count). The topological polar surface area (TPSA) is 36.4 Å². The highest BCUT2D eigenvalue weighted by atomic mass is 32.1. The second-order valence-corrected chi connectivity index (χ2v) is 7.60. The van der Waals surface area contributed by atoms with Crippen molar-refractivity contribution < 1.29 is 5.11 Å². The van der Waals surface area contributed by atoms with E-state index >= 15 is 0 Å². The molecule has 0 amide bonds. The summed E-state index contributed by atoms with van der Waals surface area (Å²) in [6, 6.07) is 8.76. The van der Waals surface area contributed by atoms with Gasteiger partial charge >= 0.3 is 0 Å². The molecule has 0 spiro atoms. The fraction of sp³-hybridized carbons (Fsp3) is 0.500. The third-order valence-electron chi connectivity index (χ3n) is 4.39. The molecule has 118 valence electrons. The summed E-state index contributed by atoms with van der Waals surface area (Å²) in [6.07, 6.45) is 3.11.